The van der Waals surface area contributed by atoms with E-state index in [0.29, 0.717) is 11.4 Å². The van der Waals surface area contributed by atoms with Gasteiger partial charge in [-0.1, -0.05) is 24.3 Å². The lowest BCUT2D eigenvalue weighted by molar-refractivity contribution is -0.385. The molecule has 8 nitrogen and oxygen atoms in total. The van der Waals surface area contributed by atoms with Gasteiger partial charge in [0, 0.05) is 6.07 Å². The molecular formula is C15H11N5O3. The van der Waals surface area contributed by atoms with Gasteiger partial charge in [0.25, 0.3) is 11.6 Å². The zero-order chi connectivity index (χ0) is 16.2. The summed E-state index contributed by atoms with van der Waals surface area (Å²) in [5, 5.41) is 17.7. The number of benzene rings is 2. The molecule has 0 atom stereocenters. The van der Waals surface area contributed by atoms with Crippen LogP contribution in [0.3, 0.4) is 0 Å². The van der Waals surface area contributed by atoms with Crippen molar-refractivity contribution < 1.29 is 9.72 Å². The van der Waals surface area contributed by atoms with Crippen molar-refractivity contribution in [3.63, 3.8) is 0 Å². The molecule has 0 saturated carbocycles. The summed E-state index contributed by atoms with van der Waals surface area (Å²) in [6.07, 6.45) is 2.87. The molecule has 1 amide bonds. The fourth-order valence-corrected chi connectivity index (χ4v) is 2.13. The average molecular weight is 309 g/mol. The van der Waals surface area contributed by atoms with Crippen molar-refractivity contribution in [3.05, 3.63) is 76.9 Å². The third kappa shape index (κ3) is 2.91. The van der Waals surface area contributed by atoms with Gasteiger partial charge in [-0.25, -0.2) is 9.67 Å². The monoisotopic (exact) mass is 309 g/mol. The molecule has 1 N–H and O–H groups in total. The number of hydrogen-bond donors (Lipinski definition) is 1. The molecule has 0 aliphatic heterocycles. The molecular weight excluding hydrogens is 298 g/mol. The molecule has 3 aromatic rings. The summed E-state index contributed by atoms with van der Waals surface area (Å²) in [5.41, 5.74) is 0.826. The Kier molecular flexibility index (Phi) is 3.79. The van der Waals surface area contributed by atoms with Gasteiger partial charge in [-0.15, -0.1) is 0 Å². The van der Waals surface area contributed by atoms with Gasteiger partial charge in [0.05, 0.1) is 16.3 Å². The average Bonchev–Trinajstić information content (AvgIpc) is 3.09. The topological polar surface area (TPSA) is 103 Å². The summed E-state index contributed by atoms with van der Waals surface area (Å²) in [4.78, 5) is 26.7. The molecule has 0 aliphatic rings. The van der Waals surface area contributed by atoms with Crippen LogP contribution in [0.25, 0.3) is 5.69 Å². The van der Waals surface area contributed by atoms with Crippen molar-refractivity contribution in [1.82, 2.24) is 14.8 Å². The number of anilines is 1. The molecule has 0 fully saturated rings. The van der Waals surface area contributed by atoms with Crippen LogP contribution in [0.2, 0.25) is 0 Å². The van der Waals surface area contributed by atoms with Crippen LogP contribution in [0, 0.1) is 10.1 Å². The standard InChI is InChI=1S/C15H11N5O3/c21-15(11-5-1-3-7-13(11)20(22)23)18-12-6-2-4-8-14(12)19-10-16-9-17-19/h1-10H,(H,18,21). The van der Waals surface area contributed by atoms with E-state index in [1.54, 1.807) is 30.3 Å². The molecule has 0 spiro atoms. The van der Waals surface area contributed by atoms with Crippen molar-refractivity contribution in [2.45, 2.75) is 0 Å². The molecule has 0 saturated heterocycles. The van der Waals surface area contributed by atoms with Crippen LogP contribution >= 0.6 is 0 Å². The first kappa shape index (κ1) is 14.4. The molecule has 1 heterocycles. The molecule has 3 rings (SSSR count). The molecule has 23 heavy (non-hydrogen) atoms. The summed E-state index contributed by atoms with van der Waals surface area (Å²) in [5.74, 6) is -0.565. The van der Waals surface area contributed by atoms with Crippen molar-refractivity contribution in [1.29, 1.82) is 0 Å². The second-order valence-electron chi connectivity index (χ2n) is 4.59. The van der Waals surface area contributed by atoms with Gasteiger partial charge in [-0.2, -0.15) is 5.10 Å². The Balaban J connectivity index is 1.95. The molecule has 0 bridgehead atoms. The predicted octanol–water partition coefficient (Wildman–Crippen LogP) is 2.43. The maximum atomic E-state index is 12.4. The van der Waals surface area contributed by atoms with Crippen molar-refractivity contribution >= 4 is 17.3 Å². The highest BCUT2D eigenvalue weighted by molar-refractivity contribution is 6.07. The van der Waals surface area contributed by atoms with Gasteiger partial charge in [0.1, 0.15) is 18.2 Å². The maximum absolute atomic E-state index is 12.4. The third-order valence-electron chi connectivity index (χ3n) is 3.16. The Morgan fingerprint density at radius 1 is 1.13 bits per heavy atom. The Labute approximate surface area is 130 Å². The Bertz CT molecular complexity index is 861. The number of nitrogens with one attached hydrogen (secondary N) is 1. The second-order valence-corrected chi connectivity index (χ2v) is 4.59. The second kappa shape index (κ2) is 6.06. The molecule has 2 aromatic carbocycles. The van der Waals surface area contributed by atoms with Crippen LogP contribution in [0.1, 0.15) is 10.4 Å². The molecule has 1 aromatic heterocycles. The van der Waals surface area contributed by atoms with E-state index in [9.17, 15) is 14.9 Å². The van der Waals surface area contributed by atoms with Crippen LogP contribution in [0.15, 0.2) is 61.2 Å². The van der Waals surface area contributed by atoms with Gasteiger partial charge >= 0.3 is 0 Å². The summed E-state index contributed by atoms with van der Waals surface area (Å²) in [6, 6.07) is 12.8. The minimum atomic E-state index is -0.585. The number of amides is 1. The normalized spacial score (nSPS) is 10.3. The number of para-hydroxylation sites is 3. The first-order chi connectivity index (χ1) is 11.2. The van der Waals surface area contributed by atoms with Gasteiger partial charge in [0.2, 0.25) is 0 Å². The van der Waals surface area contributed by atoms with Crippen molar-refractivity contribution in [3.8, 4) is 5.69 Å². The summed E-state index contributed by atoms with van der Waals surface area (Å²) in [6.45, 7) is 0. The maximum Gasteiger partial charge on any atom is 0.282 e. The predicted molar refractivity (Wildman–Crippen MR) is 82.4 cm³/mol. The molecule has 0 radical (unpaired) electrons. The molecule has 114 valence electrons. The zero-order valence-corrected chi connectivity index (χ0v) is 11.8. The Hall–Kier alpha value is -3.55. The van der Waals surface area contributed by atoms with E-state index in [1.807, 2.05) is 0 Å². The lowest BCUT2D eigenvalue weighted by atomic mass is 10.1. The SMILES string of the molecule is O=C(Nc1ccccc1-n1cncn1)c1ccccc1[N+](=O)[O-]. The molecule has 0 aliphatic carbocycles. The highest BCUT2D eigenvalue weighted by Gasteiger charge is 2.20. The summed E-state index contributed by atoms with van der Waals surface area (Å²) in [7, 11) is 0. The van der Waals surface area contributed by atoms with Crippen molar-refractivity contribution in [2.24, 2.45) is 0 Å². The summed E-state index contributed by atoms with van der Waals surface area (Å²) >= 11 is 0. The Morgan fingerprint density at radius 3 is 2.61 bits per heavy atom. The summed E-state index contributed by atoms with van der Waals surface area (Å²) < 4.78 is 1.50. The number of carbonyl (C=O) groups excluding carboxylic acids is 1. The molecule has 8 heteroatoms. The van der Waals surface area contributed by atoms with Crippen LogP contribution < -0.4 is 5.32 Å². The van der Waals surface area contributed by atoms with Gasteiger partial charge in [-0.05, 0) is 18.2 Å². The number of nitro groups is 1. The van der Waals surface area contributed by atoms with Crippen molar-refractivity contribution in [2.75, 3.05) is 5.32 Å². The Morgan fingerprint density at radius 2 is 1.87 bits per heavy atom. The highest BCUT2D eigenvalue weighted by Crippen LogP contribution is 2.22. The van der Waals surface area contributed by atoms with Gasteiger partial charge in [-0.3, -0.25) is 14.9 Å². The van der Waals surface area contributed by atoms with Crippen LogP contribution in [-0.4, -0.2) is 25.6 Å². The first-order valence-corrected chi connectivity index (χ1v) is 6.65. The van der Waals surface area contributed by atoms with Gasteiger partial charge in [0.15, 0.2) is 0 Å². The minimum Gasteiger partial charge on any atom is -0.320 e. The largest absolute Gasteiger partial charge is 0.320 e. The third-order valence-corrected chi connectivity index (χ3v) is 3.16. The van der Waals surface area contributed by atoms with E-state index in [2.05, 4.69) is 15.4 Å². The number of aromatic nitrogens is 3. The quantitative estimate of drug-likeness (QED) is 0.589. The number of carbonyl (C=O) groups is 1. The smallest absolute Gasteiger partial charge is 0.282 e. The number of hydrogen-bond acceptors (Lipinski definition) is 5. The molecule has 0 unspecified atom stereocenters. The van der Waals surface area contributed by atoms with E-state index in [0.717, 1.165) is 0 Å². The lowest BCUT2D eigenvalue weighted by Crippen LogP contribution is -2.15. The minimum absolute atomic E-state index is 0.00843. The zero-order valence-electron chi connectivity index (χ0n) is 11.8. The van der Waals surface area contributed by atoms with E-state index >= 15 is 0 Å². The van der Waals surface area contributed by atoms with Gasteiger partial charge < -0.3 is 5.32 Å². The number of nitrogens with zero attached hydrogens (tertiary/aromatic N) is 4. The van der Waals surface area contributed by atoms with E-state index in [-0.39, 0.29) is 11.3 Å². The number of rotatable bonds is 4. The van der Waals surface area contributed by atoms with E-state index in [4.69, 9.17) is 0 Å². The van der Waals surface area contributed by atoms with E-state index < -0.39 is 10.8 Å². The fraction of sp³-hybridized carbons (Fsp3) is 0. The number of nitro benzene ring substituents is 1. The van der Waals surface area contributed by atoms with Crippen LogP contribution in [-0.2, 0) is 0 Å². The van der Waals surface area contributed by atoms with E-state index in [1.165, 1.54) is 35.5 Å². The lowest BCUT2D eigenvalue weighted by Gasteiger charge is -2.10. The van der Waals surface area contributed by atoms with Crippen LogP contribution in [0.5, 0.6) is 0 Å². The first-order valence-electron chi connectivity index (χ1n) is 6.65. The highest BCUT2D eigenvalue weighted by atomic mass is 16.6. The van der Waals surface area contributed by atoms with Crippen LogP contribution in [0.4, 0.5) is 11.4 Å². The fourth-order valence-electron chi connectivity index (χ4n) is 2.13.